The molecule has 0 saturated heterocycles. The topological polar surface area (TPSA) is 128 Å². The summed E-state index contributed by atoms with van der Waals surface area (Å²) >= 11 is 0. The highest BCUT2D eigenvalue weighted by Gasteiger charge is 2.62. The molecule has 2 aromatic heterocycles. The molecule has 0 aliphatic rings. The lowest BCUT2D eigenvalue weighted by atomic mass is 9.96. The van der Waals surface area contributed by atoms with Gasteiger partial charge in [0.25, 0.3) is 10.0 Å². The fraction of sp³-hybridized carbons (Fsp3) is 0.458. The summed E-state index contributed by atoms with van der Waals surface area (Å²) < 4.78 is 111. The van der Waals surface area contributed by atoms with Crippen molar-refractivity contribution in [2.45, 2.75) is 50.8 Å². The molecule has 0 atom stereocenters. The van der Waals surface area contributed by atoms with E-state index in [9.17, 15) is 26.7 Å². The van der Waals surface area contributed by atoms with Crippen LogP contribution < -0.4 is 14.2 Å². The molecule has 0 aliphatic heterocycles. The number of rotatable bonds is 11. The van der Waals surface area contributed by atoms with Crippen LogP contribution in [0.3, 0.4) is 0 Å². The van der Waals surface area contributed by atoms with Gasteiger partial charge in [-0.15, -0.1) is 0 Å². The molecule has 1 aromatic carbocycles. The Morgan fingerprint density at radius 1 is 1.12 bits per heavy atom. The maximum absolute atomic E-state index is 15.1. The lowest BCUT2D eigenvalue weighted by molar-refractivity contribution is -0.289. The number of aliphatic hydroxyl groups excluding tert-OH is 1. The van der Waals surface area contributed by atoms with Crippen molar-refractivity contribution < 1.29 is 45.0 Å². The first-order valence-corrected chi connectivity index (χ1v) is 13.2. The predicted molar refractivity (Wildman–Crippen MR) is 134 cm³/mol. The number of nitrogens with one attached hydrogen (secondary N) is 1. The molecule has 16 heteroatoms. The molecule has 2 N–H and O–H groups in total. The SMILES string of the molecule is CC(C)Oc1cccc(-c2nc(NS(=O)(=O)c3cnn(C)c3)nc(OCC(C)(C)CO)c2C(F)(F)C(F)(F)F)c1. The maximum Gasteiger partial charge on any atom is 0.458 e. The summed E-state index contributed by atoms with van der Waals surface area (Å²) in [5.41, 5.74) is -4.03. The summed E-state index contributed by atoms with van der Waals surface area (Å²) in [4.78, 5) is 7.07. The Bertz CT molecular complexity index is 1460. The van der Waals surface area contributed by atoms with Crippen LogP contribution >= 0.6 is 0 Å². The molecule has 3 aromatic rings. The first kappa shape index (κ1) is 31.0. The molecule has 0 saturated carbocycles. The zero-order valence-corrected chi connectivity index (χ0v) is 22.9. The smallest absolute Gasteiger partial charge is 0.458 e. The van der Waals surface area contributed by atoms with Crippen molar-refractivity contribution in [2.24, 2.45) is 12.5 Å². The second-order valence-corrected chi connectivity index (χ2v) is 11.6. The van der Waals surface area contributed by atoms with E-state index in [1.807, 2.05) is 4.72 Å². The monoisotopic (exact) mass is 593 g/mol. The van der Waals surface area contributed by atoms with Gasteiger partial charge >= 0.3 is 12.1 Å². The fourth-order valence-electron chi connectivity index (χ4n) is 3.24. The maximum atomic E-state index is 15.1. The van der Waals surface area contributed by atoms with Gasteiger partial charge in [-0.3, -0.25) is 4.68 Å². The zero-order valence-electron chi connectivity index (χ0n) is 22.1. The minimum Gasteiger partial charge on any atom is -0.491 e. The third-order valence-electron chi connectivity index (χ3n) is 5.27. The highest BCUT2D eigenvalue weighted by Crippen LogP contribution is 2.50. The van der Waals surface area contributed by atoms with Crippen LogP contribution in [0.5, 0.6) is 11.6 Å². The molecule has 0 spiro atoms. The number of aromatic nitrogens is 4. The Morgan fingerprint density at radius 3 is 2.35 bits per heavy atom. The summed E-state index contributed by atoms with van der Waals surface area (Å²) in [7, 11) is -3.00. The number of aliphatic hydroxyl groups is 1. The quantitative estimate of drug-likeness (QED) is 0.311. The van der Waals surface area contributed by atoms with E-state index < -0.39 is 63.8 Å². The van der Waals surface area contributed by atoms with E-state index in [4.69, 9.17) is 9.47 Å². The molecule has 0 fully saturated rings. The van der Waals surface area contributed by atoms with Crippen molar-refractivity contribution in [3.05, 3.63) is 42.2 Å². The van der Waals surface area contributed by atoms with Gasteiger partial charge in [0.05, 0.1) is 31.2 Å². The third-order valence-corrected chi connectivity index (χ3v) is 6.55. The largest absolute Gasteiger partial charge is 0.491 e. The van der Waals surface area contributed by atoms with E-state index in [0.29, 0.717) is 0 Å². The molecule has 0 bridgehead atoms. The van der Waals surface area contributed by atoms with Crippen LogP contribution in [0.2, 0.25) is 0 Å². The van der Waals surface area contributed by atoms with Gasteiger partial charge < -0.3 is 14.6 Å². The van der Waals surface area contributed by atoms with E-state index in [2.05, 4.69) is 15.1 Å². The minimum absolute atomic E-state index is 0.133. The first-order chi connectivity index (χ1) is 18.4. The Hall–Kier alpha value is -3.53. The lowest BCUT2D eigenvalue weighted by Gasteiger charge is -2.27. The summed E-state index contributed by atoms with van der Waals surface area (Å²) in [5, 5.41) is 13.3. The number of hydrogen-bond donors (Lipinski definition) is 2. The molecular formula is C24H28F5N5O5S. The van der Waals surface area contributed by atoms with Crippen molar-refractivity contribution in [3.8, 4) is 22.9 Å². The van der Waals surface area contributed by atoms with Gasteiger partial charge in [-0.05, 0) is 26.0 Å². The predicted octanol–water partition coefficient (Wildman–Crippen LogP) is 4.52. The van der Waals surface area contributed by atoms with Crippen LogP contribution in [-0.2, 0) is 23.0 Å². The highest BCUT2D eigenvalue weighted by atomic mass is 32.2. The normalized spacial score (nSPS) is 13.0. The zero-order chi connectivity index (χ0) is 30.1. The number of nitrogens with zero attached hydrogens (tertiary/aromatic N) is 4. The number of anilines is 1. The van der Waals surface area contributed by atoms with Gasteiger partial charge in [0.2, 0.25) is 11.8 Å². The molecule has 0 amide bonds. The van der Waals surface area contributed by atoms with Crippen LogP contribution in [0, 0.1) is 5.41 Å². The number of hydrogen-bond acceptors (Lipinski definition) is 8. The van der Waals surface area contributed by atoms with E-state index in [0.717, 1.165) is 12.4 Å². The Balaban J connectivity index is 2.32. The highest BCUT2D eigenvalue weighted by molar-refractivity contribution is 7.92. The second-order valence-electron chi connectivity index (χ2n) is 9.91. The fourth-order valence-corrected chi connectivity index (χ4v) is 4.17. The van der Waals surface area contributed by atoms with Crippen LogP contribution in [-0.4, -0.2) is 58.8 Å². The molecule has 0 aliphatic carbocycles. The molecule has 10 nitrogen and oxygen atoms in total. The number of halogens is 5. The molecule has 2 heterocycles. The summed E-state index contributed by atoms with van der Waals surface area (Å²) in [6.07, 6.45) is -4.34. The third kappa shape index (κ3) is 6.96. The van der Waals surface area contributed by atoms with Crippen molar-refractivity contribution in [1.82, 2.24) is 19.7 Å². The molecule has 0 unspecified atom stereocenters. The average Bonchev–Trinajstić information content (AvgIpc) is 3.28. The molecule has 40 heavy (non-hydrogen) atoms. The number of sulfonamides is 1. The van der Waals surface area contributed by atoms with Gasteiger partial charge in [0.1, 0.15) is 16.2 Å². The number of benzene rings is 1. The Kier molecular flexibility index (Phi) is 8.65. The van der Waals surface area contributed by atoms with E-state index in [1.165, 1.54) is 49.8 Å². The number of aryl methyl sites for hydroxylation is 1. The van der Waals surface area contributed by atoms with Crippen molar-refractivity contribution in [2.75, 3.05) is 17.9 Å². The summed E-state index contributed by atoms with van der Waals surface area (Å²) in [5.74, 6) is -7.47. The molecule has 3 rings (SSSR count). The lowest BCUT2D eigenvalue weighted by Crippen LogP contribution is -2.36. The van der Waals surface area contributed by atoms with E-state index in [-0.39, 0.29) is 22.3 Å². The van der Waals surface area contributed by atoms with Crippen LogP contribution in [0.25, 0.3) is 11.3 Å². The number of alkyl halides is 5. The molecule has 220 valence electrons. The molecular weight excluding hydrogens is 565 g/mol. The summed E-state index contributed by atoms with van der Waals surface area (Å²) in [6.45, 7) is 5.24. The van der Waals surface area contributed by atoms with Gasteiger partial charge in [-0.2, -0.15) is 32.0 Å². The van der Waals surface area contributed by atoms with E-state index >= 15 is 8.78 Å². The first-order valence-electron chi connectivity index (χ1n) is 11.8. The summed E-state index contributed by atoms with van der Waals surface area (Å²) in [6, 6.07) is 5.18. The van der Waals surface area contributed by atoms with Crippen LogP contribution in [0.4, 0.5) is 27.9 Å². The van der Waals surface area contributed by atoms with Gasteiger partial charge in [-0.25, -0.2) is 18.1 Å². The van der Waals surface area contributed by atoms with E-state index in [1.54, 1.807) is 13.8 Å². The van der Waals surface area contributed by atoms with Gasteiger partial charge in [0.15, 0.2) is 0 Å². The van der Waals surface area contributed by atoms with Crippen LogP contribution in [0.1, 0.15) is 33.3 Å². The Labute approximate surface area is 227 Å². The molecule has 0 radical (unpaired) electrons. The van der Waals surface area contributed by atoms with Crippen molar-refractivity contribution >= 4 is 16.0 Å². The van der Waals surface area contributed by atoms with Crippen LogP contribution in [0.15, 0.2) is 41.6 Å². The van der Waals surface area contributed by atoms with Crippen molar-refractivity contribution in [3.63, 3.8) is 0 Å². The average molecular weight is 594 g/mol. The minimum atomic E-state index is -6.10. The standard InChI is InChI=1S/C24H28F5N5O5S/c1-14(2)39-16-8-6-7-15(9-16)19-18(23(25,26)24(27,28)29)20(38-13-22(3,4)12-35)32-21(31-19)33-40(36,37)17-10-30-34(5)11-17/h6-11,14,35H,12-13H2,1-5H3,(H,31,32,33). The van der Waals surface area contributed by atoms with Crippen molar-refractivity contribution in [1.29, 1.82) is 0 Å². The van der Waals surface area contributed by atoms with Gasteiger partial charge in [0, 0.05) is 24.2 Å². The number of ether oxygens (including phenoxy) is 2. The second kappa shape index (κ2) is 11.2. The Morgan fingerprint density at radius 2 is 1.80 bits per heavy atom. The van der Waals surface area contributed by atoms with Gasteiger partial charge in [-0.1, -0.05) is 26.0 Å².